The van der Waals surface area contributed by atoms with Crippen molar-refractivity contribution in [2.45, 2.75) is 0 Å². The molecule has 0 fully saturated rings. The van der Waals surface area contributed by atoms with E-state index in [1.54, 1.807) is 43.5 Å². The zero-order chi connectivity index (χ0) is 19.6. The summed E-state index contributed by atoms with van der Waals surface area (Å²) in [6.45, 7) is -0.892. The van der Waals surface area contributed by atoms with Gasteiger partial charge in [0.15, 0.2) is 6.61 Å². The second kappa shape index (κ2) is 10.4. The van der Waals surface area contributed by atoms with Crippen LogP contribution >= 0.6 is 23.2 Å². The lowest BCUT2D eigenvalue weighted by atomic mass is 10.2. The van der Waals surface area contributed by atoms with Gasteiger partial charge in [-0.25, -0.2) is 4.79 Å². The van der Waals surface area contributed by atoms with Gasteiger partial charge in [-0.15, -0.1) is 0 Å². The van der Waals surface area contributed by atoms with Gasteiger partial charge in [0.2, 0.25) is 6.61 Å². The SMILES string of the molecule is COc1ccc(/C=N\OCC(=O)OCC(=O)Nc2ccc(Cl)c(Cl)c2)cc1. The molecule has 0 unspecified atom stereocenters. The van der Waals surface area contributed by atoms with E-state index in [1.165, 1.54) is 12.3 Å². The Bertz CT molecular complexity index is 825. The van der Waals surface area contributed by atoms with E-state index in [-0.39, 0.29) is 0 Å². The number of esters is 1. The number of benzene rings is 2. The number of oxime groups is 1. The molecular weight excluding hydrogens is 395 g/mol. The summed E-state index contributed by atoms with van der Waals surface area (Å²) in [4.78, 5) is 28.1. The van der Waals surface area contributed by atoms with Crippen molar-refractivity contribution in [3.05, 3.63) is 58.1 Å². The summed E-state index contributed by atoms with van der Waals surface area (Å²) in [5.41, 5.74) is 1.20. The highest BCUT2D eigenvalue weighted by molar-refractivity contribution is 6.42. The first-order valence-corrected chi connectivity index (χ1v) is 8.43. The lowest BCUT2D eigenvalue weighted by Gasteiger charge is -2.07. The van der Waals surface area contributed by atoms with E-state index in [2.05, 4.69) is 10.5 Å². The summed E-state index contributed by atoms with van der Waals surface area (Å²) in [7, 11) is 1.57. The molecule has 0 aliphatic heterocycles. The van der Waals surface area contributed by atoms with Gasteiger partial charge in [-0.3, -0.25) is 4.79 Å². The molecule has 0 atom stereocenters. The topological polar surface area (TPSA) is 86.2 Å². The maximum Gasteiger partial charge on any atom is 0.347 e. The van der Waals surface area contributed by atoms with Crippen LogP contribution in [-0.2, 0) is 19.2 Å². The van der Waals surface area contributed by atoms with E-state index < -0.39 is 25.1 Å². The lowest BCUT2D eigenvalue weighted by molar-refractivity contribution is -0.151. The number of nitrogens with zero attached hydrogens (tertiary/aromatic N) is 1. The fourth-order valence-electron chi connectivity index (χ4n) is 1.84. The molecule has 0 saturated carbocycles. The van der Waals surface area contributed by atoms with Crippen LogP contribution in [0.25, 0.3) is 0 Å². The minimum absolute atomic E-state index is 0.301. The van der Waals surface area contributed by atoms with Crippen molar-refractivity contribution < 1.29 is 23.9 Å². The van der Waals surface area contributed by atoms with E-state index in [9.17, 15) is 9.59 Å². The molecule has 0 aliphatic carbocycles. The normalized spacial score (nSPS) is 10.5. The molecule has 1 N–H and O–H groups in total. The van der Waals surface area contributed by atoms with E-state index in [0.29, 0.717) is 15.7 Å². The summed E-state index contributed by atoms with van der Waals surface area (Å²) in [5.74, 6) is -0.537. The fraction of sp³-hybridized carbons (Fsp3) is 0.167. The van der Waals surface area contributed by atoms with Crippen molar-refractivity contribution in [3.8, 4) is 5.75 Å². The first-order chi connectivity index (χ1) is 13.0. The van der Waals surface area contributed by atoms with E-state index >= 15 is 0 Å². The van der Waals surface area contributed by atoms with E-state index in [0.717, 1.165) is 11.3 Å². The quantitative estimate of drug-likeness (QED) is 0.408. The average Bonchev–Trinajstić information content (AvgIpc) is 2.67. The second-order valence-corrected chi connectivity index (χ2v) is 5.93. The molecule has 2 aromatic carbocycles. The van der Waals surface area contributed by atoms with Crippen LogP contribution in [0.15, 0.2) is 47.6 Å². The number of nitrogens with one attached hydrogen (secondary N) is 1. The summed E-state index contributed by atoms with van der Waals surface area (Å²) < 4.78 is 9.83. The third-order valence-electron chi connectivity index (χ3n) is 3.14. The fourth-order valence-corrected chi connectivity index (χ4v) is 2.13. The van der Waals surface area contributed by atoms with Gasteiger partial charge in [0.05, 0.1) is 23.4 Å². The summed E-state index contributed by atoms with van der Waals surface area (Å²) in [5, 5.41) is 6.85. The molecule has 9 heteroatoms. The van der Waals surface area contributed by atoms with Crippen LogP contribution in [0.3, 0.4) is 0 Å². The van der Waals surface area contributed by atoms with Crippen molar-refractivity contribution in [2.24, 2.45) is 5.16 Å². The Hall–Kier alpha value is -2.77. The first kappa shape index (κ1) is 20.5. The number of halogens is 2. The lowest BCUT2D eigenvalue weighted by Crippen LogP contribution is -2.22. The number of methoxy groups -OCH3 is 1. The number of carbonyl (C=O) groups is 2. The van der Waals surface area contributed by atoms with E-state index in [4.69, 9.17) is 37.5 Å². The third kappa shape index (κ3) is 7.16. The van der Waals surface area contributed by atoms with Crippen molar-refractivity contribution in [2.75, 3.05) is 25.6 Å². The van der Waals surface area contributed by atoms with Crippen molar-refractivity contribution >= 4 is 47.0 Å². The summed E-state index contributed by atoms with van der Waals surface area (Å²) in [6.07, 6.45) is 1.43. The number of ether oxygens (including phenoxy) is 2. The number of anilines is 1. The van der Waals surface area contributed by atoms with Crippen molar-refractivity contribution in [1.29, 1.82) is 0 Å². The van der Waals surface area contributed by atoms with Crippen LogP contribution in [0.1, 0.15) is 5.56 Å². The molecule has 0 heterocycles. The van der Waals surface area contributed by atoms with E-state index in [1.807, 2.05) is 0 Å². The number of hydrogen-bond donors (Lipinski definition) is 1. The molecule has 0 radical (unpaired) electrons. The smallest absolute Gasteiger partial charge is 0.347 e. The van der Waals surface area contributed by atoms with Crippen molar-refractivity contribution in [1.82, 2.24) is 0 Å². The Kier molecular flexibility index (Phi) is 7.91. The number of amides is 1. The zero-order valence-corrected chi connectivity index (χ0v) is 15.8. The predicted molar refractivity (Wildman–Crippen MR) is 103 cm³/mol. The second-order valence-electron chi connectivity index (χ2n) is 5.12. The largest absolute Gasteiger partial charge is 0.497 e. The van der Waals surface area contributed by atoms with Crippen molar-refractivity contribution in [3.63, 3.8) is 0 Å². The van der Waals surface area contributed by atoms with Crippen LogP contribution in [0.5, 0.6) is 5.75 Å². The first-order valence-electron chi connectivity index (χ1n) is 7.68. The molecule has 0 saturated heterocycles. The van der Waals surface area contributed by atoms with Gasteiger partial charge >= 0.3 is 5.97 Å². The Morgan fingerprint density at radius 1 is 1.07 bits per heavy atom. The molecule has 7 nitrogen and oxygen atoms in total. The summed E-state index contributed by atoms with van der Waals surface area (Å²) in [6, 6.07) is 11.7. The molecule has 142 valence electrons. The minimum Gasteiger partial charge on any atom is -0.497 e. The molecule has 27 heavy (non-hydrogen) atoms. The highest BCUT2D eigenvalue weighted by Crippen LogP contribution is 2.24. The number of carbonyl (C=O) groups excluding carboxylic acids is 2. The monoisotopic (exact) mass is 410 g/mol. The maximum atomic E-state index is 11.7. The van der Waals surface area contributed by atoms with Crippen LogP contribution in [-0.4, -0.2) is 38.4 Å². The van der Waals surface area contributed by atoms with Gasteiger partial charge < -0.3 is 19.6 Å². The molecular formula is C18H16Cl2N2O5. The third-order valence-corrected chi connectivity index (χ3v) is 3.88. The standard InChI is InChI=1S/C18H16Cl2N2O5/c1-25-14-5-2-12(3-6-14)9-21-27-11-18(24)26-10-17(23)22-13-4-7-15(19)16(20)8-13/h2-9H,10-11H2,1H3,(H,22,23)/b21-9-. The maximum absolute atomic E-state index is 11.7. The highest BCUT2D eigenvalue weighted by Gasteiger charge is 2.09. The number of rotatable bonds is 8. The Labute approximate surface area is 165 Å². The molecule has 2 rings (SSSR count). The molecule has 0 aliphatic rings. The molecule has 0 bridgehead atoms. The zero-order valence-electron chi connectivity index (χ0n) is 14.3. The Balaban J connectivity index is 1.68. The summed E-state index contributed by atoms with van der Waals surface area (Å²) >= 11 is 11.6. The Morgan fingerprint density at radius 2 is 1.81 bits per heavy atom. The minimum atomic E-state index is -0.730. The van der Waals surface area contributed by atoms with Crippen LogP contribution in [0, 0.1) is 0 Å². The van der Waals surface area contributed by atoms with Gasteiger partial charge in [0.1, 0.15) is 5.75 Å². The van der Waals surface area contributed by atoms with Gasteiger partial charge in [-0.1, -0.05) is 28.4 Å². The van der Waals surface area contributed by atoms with Gasteiger partial charge in [-0.2, -0.15) is 0 Å². The van der Waals surface area contributed by atoms with Gasteiger partial charge in [0.25, 0.3) is 5.91 Å². The molecule has 0 aromatic heterocycles. The average molecular weight is 411 g/mol. The number of hydrogen-bond acceptors (Lipinski definition) is 6. The van der Waals surface area contributed by atoms with Gasteiger partial charge in [0, 0.05) is 5.69 Å². The highest BCUT2D eigenvalue weighted by atomic mass is 35.5. The van der Waals surface area contributed by atoms with Crippen LogP contribution < -0.4 is 10.1 Å². The molecule has 2 aromatic rings. The van der Waals surface area contributed by atoms with Crippen LogP contribution in [0.2, 0.25) is 10.0 Å². The Morgan fingerprint density at radius 3 is 2.48 bits per heavy atom. The predicted octanol–water partition coefficient (Wildman–Crippen LogP) is 3.53. The van der Waals surface area contributed by atoms with Crippen LogP contribution in [0.4, 0.5) is 5.69 Å². The molecule has 0 spiro atoms. The molecule has 1 amide bonds. The van der Waals surface area contributed by atoms with Gasteiger partial charge in [-0.05, 0) is 48.0 Å².